The van der Waals surface area contributed by atoms with E-state index < -0.39 is 32.5 Å². The quantitative estimate of drug-likeness (QED) is 0.0196. The van der Waals surface area contributed by atoms with Crippen molar-refractivity contribution in [3.05, 3.63) is 146 Å². The van der Waals surface area contributed by atoms with E-state index in [1.54, 1.807) is 0 Å². The number of carbonyl (C=O) groups is 2. The van der Waals surface area contributed by atoms with Crippen molar-refractivity contribution in [1.29, 1.82) is 0 Å². The number of phosphoric acid groups is 1. The maximum atomic E-state index is 12.7. The summed E-state index contributed by atoms with van der Waals surface area (Å²) < 4.78 is 33.8. The molecular weight excluding hydrogens is 846 g/mol. The summed E-state index contributed by atoms with van der Waals surface area (Å²) in [5, 5.41) is 0. The number of carbonyl (C=O) groups excluding carboxylic acids is 2. The lowest BCUT2D eigenvalue weighted by molar-refractivity contribution is -0.870. The Morgan fingerprint density at radius 2 is 0.833 bits per heavy atom. The summed E-state index contributed by atoms with van der Waals surface area (Å²) in [6.07, 6.45) is 67.6. The van der Waals surface area contributed by atoms with Crippen molar-refractivity contribution in [3.8, 4) is 0 Å². The van der Waals surface area contributed by atoms with Crippen LogP contribution in [0.1, 0.15) is 142 Å². The number of allylic oxidation sites excluding steroid dienone is 24. The molecule has 0 N–H and O–H groups in total. The van der Waals surface area contributed by atoms with E-state index in [0.29, 0.717) is 30.3 Å². The molecule has 2 atom stereocenters. The molecule has 9 nitrogen and oxygen atoms in total. The van der Waals surface area contributed by atoms with Gasteiger partial charge in [-0.2, -0.15) is 0 Å². The van der Waals surface area contributed by atoms with Gasteiger partial charge in [-0.3, -0.25) is 14.2 Å². The average molecular weight is 934 g/mol. The van der Waals surface area contributed by atoms with Gasteiger partial charge < -0.3 is 27.9 Å². The Morgan fingerprint density at radius 3 is 1.23 bits per heavy atom. The van der Waals surface area contributed by atoms with E-state index >= 15 is 0 Å². The number of phosphoric ester groups is 1. The van der Waals surface area contributed by atoms with Gasteiger partial charge >= 0.3 is 11.9 Å². The third kappa shape index (κ3) is 49.3. The molecule has 0 aliphatic heterocycles. The van der Waals surface area contributed by atoms with Crippen LogP contribution in [0.25, 0.3) is 0 Å². The van der Waals surface area contributed by atoms with Crippen LogP contribution in [0, 0.1) is 0 Å². The molecule has 0 bridgehead atoms. The molecule has 0 aromatic rings. The van der Waals surface area contributed by atoms with Gasteiger partial charge in [-0.25, -0.2) is 0 Å². The van der Waals surface area contributed by atoms with Crippen molar-refractivity contribution in [2.75, 3.05) is 47.5 Å². The number of hydrogen-bond acceptors (Lipinski definition) is 8. The van der Waals surface area contributed by atoms with Crippen LogP contribution in [0.3, 0.4) is 0 Å². The highest BCUT2D eigenvalue weighted by Crippen LogP contribution is 2.38. The molecule has 0 radical (unpaired) electrons. The van der Waals surface area contributed by atoms with E-state index in [2.05, 4.69) is 154 Å². The second-order valence-corrected chi connectivity index (χ2v) is 18.1. The van der Waals surface area contributed by atoms with Crippen molar-refractivity contribution in [1.82, 2.24) is 0 Å². The zero-order valence-electron chi connectivity index (χ0n) is 41.6. The minimum atomic E-state index is -4.66. The molecule has 0 aliphatic rings. The summed E-state index contributed by atoms with van der Waals surface area (Å²) in [5.41, 5.74) is 0. The Balaban J connectivity index is 4.43. The Morgan fingerprint density at radius 1 is 0.470 bits per heavy atom. The number of hydrogen-bond donors (Lipinski definition) is 0. The van der Waals surface area contributed by atoms with Crippen molar-refractivity contribution in [2.24, 2.45) is 0 Å². The molecular formula is C56H88NO8P. The predicted octanol–water partition coefficient (Wildman–Crippen LogP) is 14.2. The van der Waals surface area contributed by atoms with Gasteiger partial charge in [-0.15, -0.1) is 0 Å². The fourth-order valence-electron chi connectivity index (χ4n) is 5.61. The van der Waals surface area contributed by atoms with Crippen LogP contribution in [0.15, 0.2) is 146 Å². The zero-order valence-corrected chi connectivity index (χ0v) is 42.5. The summed E-state index contributed by atoms with van der Waals surface area (Å²) in [6.45, 7) is 3.85. The lowest BCUT2D eigenvalue weighted by Gasteiger charge is -2.28. The van der Waals surface area contributed by atoms with Gasteiger partial charge in [0.25, 0.3) is 7.82 Å². The number of quaternary nitrogens is 1. The first kappa shape index (κ1) is 61.9. The first-order valence-corrected chi connectivity index (χ1v) is 26.0. The third-order valence-corrected chi connectivity index (χ3v) is 10.3. The Bertz CT molecular complexity index is 1620. The van der Waals surface area contributed by atoms with Crippen molar-refractivity contribution in [2.45, 2.75) is 148 Å². The maximum Gasteiger partial charge on any atom is 0.306 e. The SMILES string of the molecule is CC/C=C\C/C=C\C/C=C\C/C=C\C/C=C\C/C=C\C/C=C\C/C=C\C/C=C\CCCC(=O)OC(COC(=O)CCCCC/C=C\C/C=C\C/C=C\CC)COP(=O)([O-])OCC[N+](C)(C)C. The van der Waals surface area contributed by atoms with Gasteiger partial charge in [-0.1, -0.05) is 166 Å². The second kappa shape index (κ2) is 46.0. The molecule has 0 fully saturated rings. The smallest absolute Gasteiger partial charge is 0.306 e. The van der Waals surface area contributed by atoms with E-state index in [1.165, 1.54) is 0 Å². The van der Waals surface area contributed by atoms with Crippen molar-refractivity contribution in [3.63, 3.8) is 0 Å². The fraction of sp³-hybridized carbons (Fsp3) is 0.536. The van der Waals surface area contributed by atoms with E-state index in [1.807, 2.05) is 27.2 Å². The molecule has 2 unspecified atom stereocenters. The number of nitrogens with zero attached hydrogens (tertiary/aromatic N) is 1. The highest BCUT2D eigenvalue weighted by molar-refractivity contribution is 7.45. The summed E-state index contributed by atoms with van der Waals surface area (Å²) in [4.78, 5) is 37.6. The topological polar surface area (TPSA) is 111 Å². The lowest BCUT2D eigenvalue weighted by Crippen LogP contribution is -2.37. The number of likely N-dealkylation sites (N-methyl/N-ethyl adjacent to an activating group) is 1. The molecule has 0 saturated heterocycles. The van der Waals surface area contributed by atoms with Crippen molar-refractivity contribution < 1.29 is 42.1 Å². The monoisotopic (exact) mass is 934 g/mol. The summed E-state index contributed by atoms with van der Waals surface area (Å²) in [7, 11) is 1.08. The van der Waals surface area contributed by atoms with Gasteiger partial charge in [0.15, 0.2) is 6.10 Å². The maximum absolute atomic E-state index is 12.7. The zero-order chi connectivity index (χ0) is 48.5. The van der Waals surface area contributed by atoms with E-state index in [0.717, 1.165) is 96.3 Å². The highest BCUT2D eigenvalue weighted by atomic mass is 31.2. The summed E-state index contributed by atoms with van der Waals surface area (Å²) in [5.74, 6) is -0.957. The van der Waals surface area contributed by atoms with E-state index in [4.69, 9.17) is 18.5 Å². The standard InChI is InChI=1S/C56H88NO8P/c1-6-8-10-12-14-16-18-20-21-22-23-24-25-26-27-28-29-30-31-32-33-34-35-37-39-41-43-45-47-49-56(59)65-54(53-64-66(60,61)63-51-50-57(3,4)5)52-62-55(58)48-46-44-42-40-38-36-19-17-15-13-11-9-7-2/h8-11,14-17,20-21,23-24,26-27,29-30,32-33,35-38,41,43,54H,6-7,12-13,18-19,22,25,28,31,34,39-40,42,44-53H2,1-5H3/b10-8-,11-9-,16-14-,17-15-,21-20-,24-23-,27-26-,30-29-,33-32-,37-35-,38-36-,43-41-. The number of unbranched alkanes of at least 4 members (excludes halogenated alkanes) is 4. The highest BCUT2D eigenvalue weighted by Gasteiger charge is 2.21. The Labute approximate surface area is 402 Å². The van der Waals surface area contributed by atoms with Gasteiger partial charge in [0, 0.05) is 12.8 Å². The molecule has 10 heteroatoms. The van der Waals surface area contributed by atoms with Crippen LogP contribution in [0.4, 0.5) is 0 Å². The molecule has 0 aliphatic carbocycles. The third-order valence-electron chi connectivity index (χ3n) is 9.35. The second-order valence-electron chi connectivity index (χ2n) is 16.7. The van der Waals surface area contributed by atoms with Crippen LogP contribution in [-0.4, -0.2) is 70.0 Å². The van der Waals surface area contributed by atoms with Gasteiger partial charge in [0.2, 0.25) is 0 Å². The molecule has 0 amide bonds. The minimum Gasteiger partial charge on any atom is -0.756 e. The van der Waals surface area contributed by atoms with E-state index in [-0.39, 0.29) is 26.1 Å². The fourth-order valence-corrected chi connectivity index (χ4v) is 6.34. The number of esters is 2. The van der Waals surface area contributed by atoms with Crippen LogP contribution in [-0.2, 0) is 32.7 Å². The molecule has 0 aromatic carbocycles. The van der Waals surface area contributed by atoms with Gasteiger partial charge in [0.05, 0.1) is 27.7 Å². The molecule has 0 spiro atoms. The lowest BCUT2D eigenvalue weighted by atomic mass is 10.1. The minimum absolute atomic E-state index is 0.0560. The van der Waals surface area contributed by atoms with Gasteiger partial charge in [0.1, 0.15) is 19.8 Å². The molecule has 0 aromatic heterocycles. The average Bonchev–Trinajstić information content (AvgIpc) is 3.27. The van der Waals surface area contributed by atoms with Crippen LogP contribution < -0.4 is 4.89 Å². The molecule has 370 valence electrons. The molecule has 0 rings (SSSR count). The first-order chi connectivity index (χ1) is 32.0. The number of rotatable bonds is 42. The van der Waals surface area contributed by atoms with Crippen LogP contribution in [0.5, 0.6) is 0 Å². The molecule has 0 saturated carbocycles. The van der Waals surface area contributed by atoms with Crippen LogP contribution in [0.2, 0.25) is 0 Å². The first-order valence-electron chi connectivity index (χ1n) is 24.5. The Hall–Kier alpha value is -4.11. The number of ether oxygens (including phenoxy) is 2. The summed E-state index contributed by atoms with van der Waals surface area (Å²) >= 11 is 0. The summed E-state index contributed by atoms with van der Waals surface area (Å²) in [6, 6.07) is 0. The molecule has 66 heavy (non-hydrogen) atoms. The van der Waals surface area contributed by atoms with E-state index in [9.17, 15) is 19.0 Å². The van der Waals surface area contributed by atoms with Crippen LogP contribution >= 0.6 is 7.82 Å². The largest absolute Gasteiger partial charge is 0.756 e. The normalized spacial score (nSPS) is 14.7. The van der Waals surface area contributed by atoms with Gasteiger partial charge in [-0.05, 0) is 109 Å². The molecule has 0 heterocycles. The van der Waals surface area contributed by atoms with Crippen molar-refractivity contribution >= 4 is 19.8 Å². The Kier molecular flexibility index (Phi) is 43.2. The predicted molar refractivity (Wildman–Crippen MR) is 277 cm³/mol.